The Morgan fingerprint density at radius 3 is 2.19 bits per heavy atom. The van der Waals surface area contributed by atoms with Crippen LogP contribution < -0.4 is 0 Å². The highest BCUT2D eigenvalue weighted by Gasteiger charge is 2.28. The smallest absolute Gasteiger partial charge is 0.335 e. The molecule has 1 aliphatic heterocycles. The first-order chi connectivity index (χ1) is 12.8. The minimum atomic E-state index is -3.78. The van der Waals surface area contributed by atoms with Crippen molar-refractivity contribution in [1.82, 2.24) is 9.21 Å². The van der Waals surface area contributed by atoms with Crippen molar-refractivity contribution in [3.05, 3.63) is 53.6 Å². The van der Waals surface area contributed by atoms with Crippen LogP contribution in [-0.2, 0) is 16.6 Å². The monoisotopic (exact) mass is 390 g/mol. The van der Waals surface area contributed by atoms with Gasteiger partial charge in [0.1, 0.15) is 0 Å². The lowest BCUT2D eigenvalue weighted by Crippen LogP contribution is -2.47. The molecule has 7 nitrogen and oxygen atoms in total. The topological polar surface area (TPSA) is 98.2 Å². The maximum absolute atomic E-state index is 13.0. The van der Waals surface area contributed by atoms with E-state index in [0.717, 1.165) is 5.56 Å². The average molecular weight is 390 g/mol. The highest BCUT2D eigenvalue weighted by molar-refractivity contribution is 7.89. The van der Waals surface area contributed by atoms with Crippen LogP contribution in [0.1, 0.15) is 15.9 Å². The van der Waals surface area contributed by atoms with Crippen molar-refractivity contribution >= 4 is 16.0 Å². The second kappa shape index (κ2) is 7.77. The van der Waals surface area contributed by atoms with Gasteiger partial charge in [0.15, 0.2) is 0 Å². The van der Waals surface area contributed by atoms with Gasteiger partial charge < -0.3 is 15.1 Å². The number of hydrogen-bond acceptors (Lipinski definition) is 5. The molecular formula is C19H22N2O5S. The van der Waals surface area contributed by atoms with E-state index in [-0.39, 0.29) is 17.1 Å². The Bertz CT molecular complexity index is 933. The first-order valence-electron chi connectivity index (χ1n) is 8.58. The molecule has 0 bridgehead atoms. The molecule has 0 saturated carbocycles. The molecule has 0 spiro atoms. The molecule has 1 aliphatic rings. The molecule has 1 fully saturated rings. The van der Waals surface area contributed by atoms with E-state index in [9.17, 15) is 18.3 Å². The van der Waals surface area contributed by atoms with E-state index < -0.39 is 16.0 Å². The molecular weight excluding hydrogens is 368 g/mol. The van der Waals surface area contributed by atoms with Crippen molar-refractivity contribution in [2.24, 2.45) is 0 Å². The zero-order chi connectivity index (χ0) is 19.6. The van der Waals surface area contributed by atoms with Gasteiger partial charge in [-0.15, -0.1) is 0 Å². The Hall–Kier alpha value is -2.26. The number of benzene rings is 2. The van der Waals surface area contributed by atoms with Crippen LogP contribution in [0.3, 0.4) is 0 Å². The average Bonchev–Trinajstić information content (AvgIpc) is 2.68. The van der Waals surface area contributed by atoms with Crippen molar-refractivity contribution in [3.63, 3.8) is 0 Å². The molecule has 27 heavy (non-hydrogen) atoms. The van der Waals surface area contributed by atoms with Gasteiger partial charge in [-0.2, -0.15) is 4.31 Å². The molecule has 2 aromatic carbocycles. The number of aromatic carboxylic acids is 1. The summed E-state index contributed by atoms with van der Waals surface area (Å²) in [6.45, 7) is 1.91. The van der Waals surface area contributed by atoms with Gasteiger partial charge in [-0.3, -0.25) is 0 Å². The third kappa shape index (κ3) is 4.19. The molecule has 0 radical (unpaired) electrons. The van der Waals surface area contributed by atoms with E-state index in [2.05, 4.69) is 0 Å². The van der Waals surface area contributed by atoms with Gasteiger partial charge in [-0.05, 0) is 41.9 Å². The summed E-state index contributed by atoms with van der Waals surface area (Å²) in [7, 11) is -1.85. The number of aliphatic hydroxyl groups excluding tert-OH is 1. The van der Waals surface area contributed by atoms with Crippen LogP contribution in [0.2, 0.25) is 0 Å². The summed E-state index contributed by atoms with van der Waals surface area (Å²) in [5.41, 5.74) is 1.84. The van der Waals surface area contributed by atoms with E-state index in [1.807, 2.05) is 11.9 Å². The second-order valence-corrected chi connectivity index (χ2v) is 8.55. The normalized spacial score (nSPS) is 16.4. The molecule has 0 amide bonds. The summed E-state index contributed by atoms with van der Waals surface area (Å²) < 4.78 is 27.5. The summed E-state index contributed by atoms with van der Waals surface area (Å²) in [5, 5.41) is 18.6. The third-order valence-corrected chi connectivity index (χ3v) is 6.60. The Kier molecular flexibility index (Phi) is 5.61. The molecule has 8 heteroatoms. The Balaban J connectivity index is 2.04. The van der Waals surface area contributed by atoms with Gasteiger partial charge in [-0.25, -0.2) is 13.2 Å². The Labute approximate surface area is 158 Å². The van der Waals surface area contributed by atoms with E-state index in [0.29, 0.717) is 37.3 Å². The fourth-order valence-corrected chi connectivity index (χ4v) is 4.51. The lowest BCUT2D eigenvalue weighted by atomic mass is 10.0. The summed E-state index contributed by atoms with van der Waals surface area (Å²) >= 11 is 0. The highest BCUT2D eigenvalue weighted by atomic mass is 32.2. The van der Waals surface area contributed by atoms with Gasteiger partial charge in [0.2, 0.25) is 10.0 Å². The number of likely N-dealkylation sites (N-methyl/N-ethyl adjacent to an activating group) is 1. The summed E-state index contributed by atoms with van der Waals surface area (Å²) in [4.78, 5) is 13.6. The molecule has 2 N–H and O–H groups in total. The minimum absolute atomic E-state index is 0.0202. The standard InChI is InChI=1S/C19H22N2O5S/c1-20-6-8-21(9-7-20)27(25,26)18-11-16(10-17(12-18)19(23)24)15-4-2-14(13-22)3-5-15/h2-5,10-12,22H,6-9,13H2,1H3,(H,23,24). The Morgan fingerprint density at radius 2 is 1.63 bits per heavy atom. The SMILES string of the molecule is CN1CCN(S(=O)(=O)c2cc(C(=O)O)cc(-c3ccc(CO)cc3)c2)CC1. The van der Waals surface area contributed by atoms with E-state index in [1.54, 1.807) is 24.3 Å². The van der Waals surface area contributed by atoms with Gasteiger partial charge >= 0.3 is 5.97 Å². The maximum atomic E-state index is 13.0. The van der Waals surface area contributed by atoms with Crippen molar-refractivity contribution < 1.29 is 23.4 Å². The van der Waals surface area contributed by atoms with Crippen LogP contribution in [0, 0.1) is 0 Å². The lowest BCUT2D eigenvalue weighted by molar-refractivity contribution is 0.0696. The molecule has 3 rings (SSSR count). The quantitative estimate of drug-likeness (QED) is 0.803. The van der Waals surface area contributed by atoms with E-state index in [4.69, 9.17) is 5.11 Å². The molecule has 0 aromatic heterocycles. The van der Waals surface area contributed by atoms with Crippen LogP contribution >= 0.6 is 0 Å². The molecule has 2 aromatic rings. The summed E-state index contributed by atoms with van der Waals surface area (Å²) in [6.07, 6.45) is 0. The van der Waals surface area contributed by atoms with Gasteiger partial charge in [-0.1, -0.05) is 24.3 Å². The fourth-order valence-electron chi connectivity index (χ4n) is 3.02. The summed E-state index contributed by atoms with van der Waals surface area (Å²) in [5.74, 6) is -1.18. The van der Waals surface area contributed by atoms with Gasteiger partial charge in [0, 0.05) is 26.2 Å². The third-order valence-electron chi connectivity index (χ3n) is 4.72. The number of rotatable bonds is 5. The Morgan fingerprint density at radius 1 is 1.00 bits per heavy atom. The summed E-state index contributed by atoms with van der Waals surface area (Å²) in [6, 6.07) is 11.1. The van der Waals surface area contributed by atoms with Crippen LogP contribution in [0.15, 0.2) is 47.4 Å². The van der Waals surface area contributed by atoms with Crippen molar-refractivity contribution in [3.8, 4) is 11.1 Å². The predicted octanol–water partition coefficient (Wildman–Crippen LogP) is 1.48. The molecule has 1 saturated heterocycles. The molecule has 0 aliphatic carbocycles. The number of sulfonamides is 1. The van der Waals surface area contributed by atoms with Crippen molar-refractivity contribution in [1.29, 1.82) is 0 Å². The fraction of sp³-hybridized carbons (Fsp3) is 0.316. The van der Waals surface area contributed by atoms with E-state index in [1.165, 1.54) is 22.5 Å². The van der Waals surface area contributed by atoms with Crippen LogP contribution in [0.4, 0.5) is 0 Å². The zero-order valence-electron chi connectivity index (χ0n) is 15.0. The van der Waals surface area contributed by atoms with Crippen molar-refractivity contribution in [2.75, 3.05) is 33.2 Å². The first kappa shape index (κ1) is 19.5. The second-order valence-electron chi connectivity index (χ2n) is 6.61. The molecule has 1 heterocycles. The van der Waals surface area contributed by atoms with Gasteiger partial charge in [0.25, 0.3) is 0 Å². The van der Waals surface area contributed by atoms with E-state index >= 15 is 0 Å². The molecule has 0 unspecified atom stereocenters. The number of nitrogens with zero attached hydrogens (tertiary/aromatic N) is 2. The zero-order valence-corrected chi connectivity index (χ0v) is 15.8. The number of piperazine rings is 1. The molecule has 0 atom stereocenters. The number of carbonyl (C=O) groups is 1. The first-order valence-corrected chi connectivity index (χ1v) is 10.0. The van der Waals surface area contributed by atoms with Crippen LogP contribution in [0.25, 0.3) is 11.1 Å². The van der Waals surface area contributed by atoms with Gasteiger partial charge in [0.05, 0.1) is 17.1 Å². The largest absolute Gasteiger partial charge is 0.478 e. The maximum Gasteiger partial charge on any atom is 0.335 e. The minimum Gasteiger partial charge on any atom is -0.478 e. The lowest BCUT2D eigenvalue weighted by Gasteiger charge is -2.31. The number of aliphatic hydroxyl groups is 1. The van der Waals surface area contributed by atoms with Crippen LogP contribution in [0.5, 0.6) is 0 Å². The number of hydrogen-bond donors (Lipinski definition) is 2. The van der Waals surface area contributed by atoms with Crippen LogP contribution in [-0.4, -0.2) is 67.0 Å². The predicted molar refractivity (Wildman–Crippen MR) is 101 cm³/mol. The number of carboxylic acid groups (broad SMARTS) is 1. The highest BCUT2D eigenvalue weighted by Crippen LogP contribution is 2.27. The number of carboxylic acids is 1. The molecule has 144 valence electrons. The van der Waals surface area contributed by atoms with Crippen molar-refractivity contribution in [2.45, 2.75) is 11.5 Å².